The highest BCUT2D eigenvalue weighted by atomic mass is 16.7. The molecule has 0 aliphatic carbocycles. The average Bonchev–Trinajstić information content (AvgIpc) is 1.88. The molecule has 1 rings (SSSR count). The van der Waals surface area contributed by atoms with E-state index in [1.165, 1.54) is 0 Å². The Kier molecular flexibility index (Phi) is 2.28. The molecule has 3 heteroatoms. The Morgan fingerprint density at radius 3 is 2.30 bits per heavy atom. The Labute approximate surface area is 60.9 Å². The van der Waals surface area contributed by atoms with Gasteiger partial charge < -0.3 is 14.6 Å². The van der Waals surface area contributed by atoms with Crippen LogP contribution in [-0.4, -0.2) is 31.2 Å². The standard InChI is InChI=1S/C7H14O3/c1-7(2)4-9-6(3-8)10-5-7/h6,8H,3-5H2,1-2H3. The fourth-order valence-electron chi connectivity index (χ4n) is 0.832. The fraction of sp³-hybridized carbons (Fsp3) is 1.00. The minimum absolute atomic E-state index is 0.0456. The van der Waals surface area contributed by atoms with Gasteiger partial charge in [0.1, 0.15) is 0 Å². The zero-order valence-corrected chi connectivity index (χ0v) is 6.46. The van der Waals surface area contributed by atoms with Crippen LogP contribution in [0.25, 0.3) is 0 Å². The third kappa shape index (κ3) is 1.94. The van der Waals surface area contributed by atoms with Gasteiger partial charge >= 0.3 is 0 Å². The second-order valence-electron chi connectivity index (χ2n) is 3.40. The van der Waals surface area contributed by atoms with Crippen LogP contribution in [0.5, 0.6) is 0 Å². The zero-order chi connectivity index (χ0) is 7.61. The molecule has 0 amide bonds. The van der Waals surface area contributed by atoms with Crippen molar-refractivity contribution in [2.24, 2.45) is 5.41 Å². The summed E-state index contributed by atoms with van der Waals surface area (Å²) < 4.78 is 10.3. The van der Waals surface area contributed by atoms with Crippen LogP contribution in [0.1, 0.15) is 13.8 Å². The molecule has 0 saturated carbocycles. The molecule has 1 saturated heterocycles. The van der Waals surface area contributed by atoms with Crippen molar-refractivity contribution in [2.75, 3.05) is 19.8 Å². The Balaban J connectivity index is 2.31. The molecule has 1 fully saturated rings. The Morgan fingerprint density at radius 1 is 1.40 bits per heavy atom. The third-order valence-electron chi connectivity index (χ3n) is 1.47. The van der Waals surface area contributed by atoms with Crippen molar-refractivity contribution in [1.29, 1.82) is 0 Å². The highest BCUT2D eigenvalue weighted by Crippen LogP contribution is 2.22. The summed E-state index contributed by atoms with van der Waals surface area (Å²) in [6.07, 6.45) is -0.395. The lowest BCUT2D eigenvalue weighted by molar-refractivity contribution is -0.233. The molecule has 1 aliphatic heterocycles. The van der Waals surface area contributed by atoms with E-state index >= 15 is 0 Å². The predicted octanol–water partition coefficient (Wildman–Crippen LogP) is 0.378. The van der Waals surface area contributed by atoms with Crippen molar-refractivity contribution in [3.8, 4) is 0 Å². The van der Waals surface area contributed by atoms with E-state index in [9.17, 15) is 0 Å². The summed E-state index contributed by atoms with van der Waals surface area (Å²) in [7, 11) is 0. The maximum absolute atomic E-state index is 8.61. The highest BCUT2D eigenvalue weighted by molar-refractivity contribution is 4.70. The van der Waals surface area contributed by atoms with Crippen molar-refractivity contribution in [1.82, 2.24) is 0 Å². The summed E-state index contributed by atoms with van der Waals surface area (Å²) in [5.74, 6) is 0. The van der Waals surface area contributed by atoms with E-state index < -0.39 is 6.29 Å². The molecule has 0 atom stereocenters. The largest absolute Gasteiger partial charge is 0.391 e. The highest BCUT2D eigenvalue weighted by Gasteiger charge is 2.27. The number of hydrogen-bond acceptors (Lipinski definition) is 3. The van der Waals surface area contributed by atoms with Crippen molar-refractivity contribution >= 4 is 0 Å². The molecule has 0 unspecified atom stereocenters. The normalized spacial score (nSPS) is 26.7. The van der Waals surface area contributed by atoms with Crippen LogP contribution in [0.15, 0.2) is 0 Å². The summed E-state index contributed by atoms with van der Waals surface area (Å²) in [6.45, 7) is 5.42. The fourth-order valence-corrected chi connectivity index (χ4v) is 0.832. The number of hydrogen-bond donors (Lipinski definition) is 1. The van der Waals surface area contributed by atoms with Gasteiger partial charge in [-0.2, -0.15) is 0 Å². The van der Waals surface area contributed by atoms with Gasteiger partial charge in [-0.3, -0.25) is 0 Å². The van der Waals surface area contributed by atoms with Crippen LogP contribution < -0.4 is 0 Å². The van der Waals surface area contributed by atoms with E-state index in [-0.39, 0.29) is 12.0 Å². The number of ether oxygens (including phenoxy) is 2. The van der Waals surface area contributed by atoms with Gasteiger partial charge in [0.05, 0.1) is 19.8 Å². The summed E-state index contributed by atoms with van der Waals surface area (Å²) >= 11 is 0. The summed E-state index contributed by atoms with van der Waals surface area (Å²) in [6, 6.07) is 0. The van der Waals surface area contributed by atoms with Gasteiger partial charge in [0.25, 0.3) is 0 Å². The first-order valence-electron chi connectivity index (χ1n) is 3.48. The molecule has 0 aromatic carbocycles. The van der Waals surface area contributed by atoms with E-state index in [1.807, 2.05) is 0 Å². The predicted molar refractivity (Wildman–Crippen MR) is 36.6 cm³/mol. The summed E-state index contributed by atoms with van der Waals surface area (Å²) in [5.41, 5.74) is 0.103. The lowest BCUT2D eigenvalue weighted by Crippen LogP contribution is -2.39. The van der Waals surface area contributed by atoms with Crippen LogP contribution in [0, 0.1) is 5.41 Å². The lowest BCUT2D eigenvalue weighted by Gasteiger charge is -2.33. The molecule has 0 bridgehead atoms. The molecule has 10 heavy (non-hydrogen) atoms. The van der Waals surface area contributed by atoms with Crippen molar-refractivity contribution in [3.05, 3.63) is 0 Å². The van der Waals surface area contributed by atoms with Crippen LogP contribution in [0.2, 0.25) is 0 Å². The molecule has 60 valence electrons. The maximum Gasteiger partial charge on any atom is 0.180 e. The SMILES string of the molecule is CC1(C)COC(CO)OC1. The smallest absolute Gasteiger partial charge is 0.180 e. The minimum Gasteiger partial charge on any atom is -0.391 e. The van der Waals surface area contributed by atoms with Gasteiger partial charge in [0.15, 0.2) is 6.29 Å². The lowest BCUT2D eigenvalue weighted by atomic mass is 9.96. The molecule has 1 N–H and O–H groups in total. The molecular weight excluding hydrogens is 132 g/mol. The van der Waals surface area contributed by atoms with Gasteiger partial charge in [0, 0.05) is 5.41 Å². The van der Waals surface area contributed by atoms with Gasteiger partial charge in [-0.25, -0.2) is 0 Å². The summed E-state index contributed by atoms with van der Waals surface area (Å²) in [5, 5.41) is 8.61. The molecule has 0 aromatic rings. The number of aliphatic hydroxyl groups excluding tert-OH is 1. The third-order valence-corrected chi connectivity index (χ3v) is 1.47. The van der Waals surface area contributed by atoms with Crippen LogP contribution in [0.3, 0.4) is 0 Å². The Hall–Kier alpha value is -0.120. The van der Waals surface area contributed by atoms with Gasteiger partial charge in [-0.1, -0.05) is 13.8 Å². The first kappa shape index (κ1) is 7.98. The average molecular weight is 146 g/mol. The van der Waals surface area contributed by atoms with Crippen molar-refractivity contribution < 1.29 is 14.6 Å². The topological polar surface area (TPSA) is 38.7 Å². The van der Waals surface area contributed by atoms with Crippen molar-refractivity contribution in [3.63, 3.8) is 0 Å². The summed E-state index contributed by atoms with van der Waals surface area (Å²) in [4.78, 5) is 0. The van der Waals surface area contributed by atoms with Gasteiger partial charge in [-0.05, 0) is 0 Å². The molecule has 0 spiro atoms. The van der Waals surface area contributed by atoms with Crippen molar-refractivity contribution in [2.45, 2.75) is 20.1 Å². The first-order chi connectivity index (χ1) is 4.64. The Bertz CT molecular complexity index is 101. The number of aliphatic hydroxyl groups is 1. The second kappa shape index (κ2) is 2.86. The zero-order valence-electron chi connectivity index (χ0n) is 6.46. The molecular formula is C7H14O3. The quantitative estimate of drug-likeness (QED) is 0.581. The molecule has 1 aliphatic rings. The monoisotopic (exact) mass is 146 g/mol. The Morgan fingerprint density at radius 2 is 1.90 bits per heavy atom. The van der Waals surface area contributed by atoms with E-state index in [0.29, 0.717) is 13.2 Å². The molecule has 0 aromatic heterocycles. The van der Waals surface area contributed by atoms with E-state index in [0.717, 1.165) is 0 Å². The maximum atomic E-state index is 8.61. The molecule has 0 radical (unpaired) electrons. The van der Waals surface area contributed by atoms with E-state index in [2.05, 4.69) is 13.8 Å². The van der Waals surface area contributed by atoms with Crippen LogP contribution >= 0.6 is 0 Å². The van der Waals surface area contributed by atoms with Gasteiger partial charge in [0.2, 0.25) is 0 Å². The van der Waals surface area contributed by atoms with Crippen LogP contribution in [0.4, 0.5) is 0 Å². The second-order valence-corrected chi connectivity index (χ2v) is 3.40. The van der Waals surface area contributed by atoms with E-state index in [1.54, 1.807) is 0 Å². The first-order valence-corrected chi connectivity index (χ1v) is 3.48. The van der Waals surface area contributed by atoms with Crippen LogP contribution in [-0.2, 0) is 9.47 Å². The molecule has 1 heterocycles. The van der Waals surface area contributed by atoms with E-state index in [4.69, 9.17) is 14.6 Å². The minimum atomic E-state index is -0.395. The number of rotatable bonds is 1. The molecule has 3 nitrogen and oxygen atoms in total. The van der Waals surface area contributed by atoms with Gasteiger partial charge in [-0.15, -0.1) is 0 Å².